The second kappa shape index (κ2) is 10.9. The topological polar surface area (TPSA) is 84.9 Å². The number of hydrogen-bond donors (Lipinski definition) is 1. The molecule has 0 aromatic heterocycles. The Hall–Kier alpha value is -2.74. The van der Waals surface area contributed by atoms with Crippen LogP contribution in [0, 0.1) is 6.92 Å². The predicted molar refractivity (Wildman–Crippen MR) is 133 cm³/mol. The van der Waals surface area contributed by atoms with Gasteiger partial charge in [-0.2, -0.15) is 0 Å². The number of carbonyl (C=O) groups is 1. The van der Waals surface area contributed by atoms with Crippen molar-refractivity contribution in [1.82, 2.24) is 5.32 Å². The summed E-state index contributed by atoms with van der Waals surface area (Å²) in [4.78, 5) is 13.3. The molecule has 0 saturated carbocycles. The molecule has 0 radical (unpaired) electrons. The predicted octanol–water partition coefficient (Wildman–Crippen LogP) is 4.56. The molecule has 8 heteroatoms. The van der Waals surface area contributed by atoms with E-state index in [0.717, 1.165) is 28.7 Å². The maximum absolute atomic E-state index is 13.3. The first-order valence-electron chi connectivity index (χ1n) is 11.1. The normalized spacial score (nSPS) is 13.4. The van der Waals surface area contributed by atoms with Crippen LogP contribution in [0.25, 0.3) is 0 Å². The molecular weight excluding hydrogens is 440 g/mol. The van der Waals surface area contributed by atoms with Crippen molar-refractivity contribution in [2.24, 2.45) is 0 Å². The first-order chi connectivity index (χ1) is 15.4. The number of benzene rings is 2. The molecule has 2 aromatic carbocycles. The lowest BCUT2D eigenvalue weighted by atomic mass is 9.93. The number of aryl methyl sites for hydroxylation is 1. The van der Waals surface area contributed by atoms with Gasteiger partial charge in [0.1, 0.15) is 17.5 Å². The number of sulfonamides is 1. The zero-order valence-electron chi connectivity index (χ0n) is 20.8. The first-order valence-corrected chi connectivity index (χ1v) is 12.9. The van der Waals surface area contributed by atoms with Crippen LogP contribution in [0.5, 0.6) is 11.5 Å². The second-order valence-corrected chi connectivity index (χ2v) is 10.4. The fourth-order valence-corrected chi connectivity index (χ4v) is 5.20. The standard InChI is InChI=1S/C25H36N2O5S/c1-9-23(27(33(8,29)30)19-10-12-20(31-6)13-11-19)25(28)26-18(5)22-15-21(16(2)3)24(32-7)14-17(22)4/h10-16,18,23H,9H2,1-8H3,(H,26,28)/t18-,23+/m1/s1. The number of rotatable bonds is 10. The lowest BCUT2D eigenvalue weighted by Crippen LogP contribution is -2.49. The van der Waals surface area contributed by atoms with Gasteiger partial charge in [-0.25, -0.2) is 8.42 Å². The average Bonchev–Trinajstić information content (AvgIpc) is 2.75. The molecule has 2 atom stereocenters. The Morgan fingerprint density at radius 3 is 2.09 bits per heavy atom. The van der Waals surface area contributed by atoms with Crippen LogP contribution in [0.2, 0.25) is 0 Å². The summed E-state index contributed by atoms with van der Waals surface area (Å²) in [6.07, 6.45) is 1.43. The number of ether oxygens (including phenoxy) is 2. The maximum atomic E-state index is 13.3. The minimum atomic E-state index is -3.71. The Balaban J connectivity index is 2.38. The van der Waals surface area contributed by atoms with Crippen molar-refractivity contribution < 1.29 is 22.7 Å². The van der Waals surface area contributed by atoms with Crippen LogP contribution in [0.15, 0.2) is 36.4 Å². The molecule has 0 saturated heterocycles. The summed E-state index contributed by atoms with van der Waals surface area (Å²) in [5.74, 6) is 1.32. The molecule has 182 valence electrons. The van der Waals surface area contributed by atoms with E-state index in [1.807, 2.05) is 19.9 Å². The van der Waals surface area contributed by atoms with E-state index in [1.54, 1.807) is 45.4 Å². The molecule has 0 fully saturated rings. The molecule has 0 aliphatic rings. The van der Waals surface area contributed by atoms with Crippen molar-refractivity contribution in [3.05, 3.63) is 53.1 Å². The Bertz CT molecular complexity index is 1060. The summed E-state index contributed by atoms with van der Waals surface area (Å²) in [6.45, 7) is 9.86. The molecule has 0 aliphatic heterocycles. The third kappa shape index (κ3) is 6.19. The third-order valence-corrected chi connectivity index (χ3v) is 6.90. The second-order valence-electron chi connectivity index (χ2n) is 8.52. The fourth-order valence-electron chi connectivity index (χ4n) is 3.99. The highest BCUT2D eigenvalue weighted by atomic mass is 32.2. The number of anilines is 1. The van der Waals surface area contributed by atoms with E-state index in [0.29, 0.717) is 17.9 Å². The van der Waals surface area contributed by atoms with Crippen molar-refractivity contribution in [3.63, 3.8) is 0 Å². The van der Waals surface area contributed by atoms with Gasteiger partial charge in [-0.05, 0) is 79.3 Å². The number of hydrogen-bond acceptors (Lipinski definition) is 5. The van der Waals surface area contributed by atoms with Crippen LogP contribution >= 0.6 is 0 Å². The van der Waals surface area contributed by atoms with Gasteiger partial charge in [-0.3, -0.25) is 9.10 Å². The zero-order chi connectivity index (χ0) is 24.9. The van der Waals surface area contributed by atoms with Gasteiger partial charge in [0, 0.05) is 0 Å². The molecule has 1 amide bonds. The molecular formula is C25H36N2O5S. The van der Waals surface area contributed by atoms with Crippen LogP contribution in [-0.2, 0) is 14.8 Å². The Morgan fingerprint density at radius 2 is 1.64 bits per heavy atom. The molecule has 7 nitrogen and oxygen atoms in total. The average molecular weight is 477 g/mol. The Kier molecular flexibility index (Phi) is 8.77. The van der Waals surface area contributed by atoms with Crippen LogP contribution < -0.4 is 19.1 Å². The van der Waals surface area contributed by atoms with Crippen LogP contribution in [0.3, 0.4) is 0 Å². The largest absolute Gasteiger partial charge is 0.497 e. The summed E-state index contributed by atoms with van der Waals surface area (Å²) < 4.78 is 37.3. The summed E-state index contributed by atoms with van der Waals surface area (Å²) in [5, 5.41) is 3.03. The number of carbonyl (C=O) groups excluding carboxylic acids is 1. The van der Waals surface area contributed by atoms with Gasteiger partial charge in [0.2, 0.25) is 15.9 Å². The van der Waals surface area contributed by atoms with E-state index in [9.17, 15) is 13.2 Å². The fraction of sp³-hybridized carbons (Fsp3) is 0.480. The minimum absolute atomic E-state index is 0.251. The third-order valence-electron chi connectivity index (χ3n) is 5.72. The molecule has 0 bridgehead atoms. The Morgan fingerprint density at radius 1 is 1.03 bits per heavy atom. The van der Waals surface area contributed by atoms with Crippen LogP contribution in [0.4, 0.5) is 5.69 Å². The molecule has 33 heavy (non-hydrogen) atoms. The van der Waals surface area contributed by atoms with E-state index in [4.69, 9.17) is 9.47 Å². The number of nitrogens with zero attached hydrogens (tertiary/aromatic N) is 1. The minimum Gasteiger partial charge on any atom is -0.497 e. The molecule has 0 unspecified atom stereocenters. The Labute approximate surface area is 198 Å². The van der Waals surface area contributed by atoms with Crippen LogP contribution in [0.1, 0.15) is 62.8 Å². The highest BCUT2D eigenvalue weighted by Crippen LogP contribution is 2.32. The number of amides is 1. The van der Waals surface area contributed by atoms with Crippen molar-refractivity contribution in [1.29, 1.82) is 0 Å². The molecule has 0 aliphatic carbocycles. The van der Waals surface area contributed by atoms with Crippen molar-refractivity contribution >= 4 is 21.6 Å². The molecule has 2 rings (SSSR count). The molecule has 0 spiro atoms. The SMILES string of the molecule is CC[C@@H](C(=O)N[C@H](C)c1cc(C(C)C)c(OC)cc1C)N(c1ccc(OC)cc1)S(C)(=O)=O. The lowest BCUT2D eigenvalue weighted by molar-refractivity contribution is -0.122. The van der Waals surface area contributed by atoms with E-state index >= 15 is 0 Å². The van der Waals surface area contributed by atoms with Gasteiger partial charge in [0.15, 0.2) is 0 Å². The van der Waals surface area contributed by atoms with Gasteiger partial charge in [-0.1, -0.05) is 20.8 Å². The zero-order valence-corrected chi connectivity index (χ0v) is 21.6. The highest BCUT2D eigenvalue weighted by Gasteiger charge is 2.32. The molecule has 0 heterocycles. The number of methoxy groups -OCH3 is 2. The summed E-state index contributed by atoms with van der Waals surface area (Å²) in [6, 6.07) is 9.46. The van der Waals surface area contributed by atoms with Crippen molar-refractivity contribution in [2.75, 3.05) is 24.8 Å². The monoisotopic (exact) mass is 476 g/mol. The maximum Gasteiger partial charge on any atom is 0.244 e. The molecule has 1 N–H and O–H groups in total. The van der Waals surface area contributed by atoms with E-state index < -0.39 is 16.1 Å². The van der Waals surface area contributed by atoms with Crippen LogP contribution in [-0.4, -0.2) is 40.8 Å². The van der Waals surface area contributed by atoms with E-state index in [-0.39, 0.29) is 17.9 Å². The smallest absolute Gasteiger partial charge is 0.244 e. The molecule has 2 aromatic rings. The van der Waals surface area contributed by atoms with E-state index in [2.05, 4.69) is 25.2 Å². The number of nitrogens with one attached hydrogen (secondary N) is 1. The van der Waals surface area contributed by atoms with Gasteiger partial charge in [0.05, 0.1) is 32.2 Å². The van der Waals surface area contributed by atoms with Gasteiger partial charge < -0.3 is 14.8 Å². The van der Waals surface area contributed by atoms with Gasteiger partial charge in [0.25, 0.3) is 0 Å². The highest BCUT2D eigenvalue weighted by molar-refractivity contribution is 7.92. The summed E-state index contributed by atoms with van der Waals surface area (Å²) >= 11 is 0. The van der Waals surface area contributed by atoms with E-state index in [1.165, 1.54) is 4.31 Å². The van der Waals surface area contributed by atoms with Crippen molar-refractivity contribution in [2.45, 2.75) is 59.0 Å². The lowest BCUT2D eigenvalue weighted by Gasteiger charge is -2.31. The van der Waals surface area contributed by atoms with Crippen molar-refractivity contribution in [3.8, 4) is 11.5 Å². The summed E-state index contributed by atoms with van der Waals surface area (Å²) in [7, 11) is -0.525. The first kappa shape index (κ1) is 26.5. The van der Waals surface area contributed by atoms with Gasteiger partial charge >= 0.3 is 0 Å². The summed E-state index contributed by atoms with van der Waals surface area (Å²) in [5.41, 5.74) is 3.43. The quantitative estimate of drug-likeness (QED) is 0.543. The van der Waals surface area contributed by atoms with Gasteiger partial charge in [-0.15, -0.1) is 0 Å².